The van der Waals surface area contributed by atoms with Gasteiger partial charge >= 0.3 is 12.1 Å². The third kappa shape index (κ3) is 4.78. The number of amides is 1. The predicted octanol–water partition coefficient (Wildman–Crippen LogP) is 2.37. The summed E-state index contributed by atoms with van der Waals surface area (Å²) in [6.07, 6.45) is -0.510. The summed E-state index contributed by atoms with van der Waals surface area (Å²) in [5.74, 6) is -2.56. The van der Waals surface area contributed by atoms with Crippen LogP contribution < -0.4 is 16.4 Å². The van der Waals surface area contributed by atoms with Crippen molar-refractivity contribution >= 4 is 23.4 Å². The number of fused-ring (bicyclic) bond motifs is 1. The van der Waals surface area contributed by atoms with Crippen LogP contribution in [0.2, 0.25) is 0 Å². The fraction of sp³-hybridized carbons (Fsp3) is 0.556. The second-order valence-electron chi connectivity index (χ2n) is 7.36. The van der Waals surface area contributed by atoms with Crippen molar-refractivity contribution in [3.05, 3.63) is 22.8 Å². The van der Waals surface area contributed by atoms with Gasteiger partial charge in [-0.1, -0.05) is 0 Å². The number of alkyl carbamates (subject to hydrolysis) is 1. The van der Waals surface area contributed by atoms with E-state index in [1.807, 2.05) is 0 Å². The minimum Gasteiger partial charge on any atom is -0.469 e. The molecule has 0 aliphatic heterocycles. The first-order valence-corrected chi connectivity index (χ1v) is 8.61. The Hall–Kier alpha value is -2.58. The van der Waals surface area contributed by atoms with Crippen molar-refractivity contribution in [2.75, 3.05) is 31.2 Å². The summed E-state index contributed by atoms with van der Waals surface area (Å²) in [5, 5.41) is 5.20. The topological polar surface area (TPSA) is 103 Å². The number of carbonyl (C=O) groups is 2. The Bertz CT molecular complexity index is 747. The van der Waals surface area contributed by atoms with Crippen molar-refractivity contribution in [3.63, 3.8) is 0 Å². The van der Waals surface area contributed by atoms with E-state index in [1.165, 1.54) is 7.11 Å². The predicted molar refractivity (Wildman–Crippen MR) is 96.4 cm³/mol. The molecule has 2 rings (SSSR count). The fourth-order valence-corrected chi connectivity index (χ4v) is 2.97. The van der Waals surface area contributed by atoms with Gasteiger partial charge in [0.15, 0.2) is 11.6 Å². The highest BCUT2D eigenvalue weighted by Crippen LogP contribution is 2.39. The zero-order valence-corrected chi connectivity index (χ0v) is 15.9. The molecule has 1 atom stereocenters. The van der Waals surface area contributed by atoms with Gasteiger partial charge in [-0.05, 0) is 44.7 Å². The lowest BCUT2D eigenvalue weighted by molar-refractivity contribution is -0.145. The van der Waals surface area contributed by atoms with Crippen LogP contribution in [0.5, 0.6) is 0 Å². The molecule has 1 unspecified atom stereocenters. The standard InChI is InChI=1S/C18H25F2N3O4/c1-18(2,3)27-17(25)23-6-5-22-15-13(20)11-8-9(16(24)26-4)7-10(11)12(19)14(15)21/h9,22H,5-8,21H2,1-4H3,(H,23,25). The van der Waals surface area contributed by atoms with Gasteiger partial charge in [0.25, 0.3) is 0 Å². The van der Waals surface area contributed by atoms with Gasteiger partial charge in [0.2, 0.25) is 0 Å². The number of methoxy groups -OCH3 is 1. The average molecular weight is 385 g/mol. The first kappa shape index (κ1) is 20.7. The molecule has 0 saturated heterocycles. The van der Waals surface area contributed by atoms with Crippen LogP contribution in [0.1, 0.15) is 31.9 Å². The summed E-state index contributed by atoms with van der Waals surface area (Å²) in [7, 11) is 1.23. The smallest absolute Gasteiger partial charge is 0.407 e. The molecule has 150 valence electrons. The number of ether oxygens (including phenoxy) is 2. The lowest BCUT2D eigenvalue weighted by atomic mass is 10.1. The van der Waals surface area contributed by atoms with Crippen LogP contribution in [0.25, 0.3) is 0 Å². The van der Waals surface area contributed by atoms with E-state index in [1.54, 1.807) is 20.8 Å². The molecule has 0 fully saturated rings. The van der Waals surface area contributed by atoms with Crippen molar-refractivity contribution < 1.29 is 27.8 Å². The minimum absolute atomic E-state index is 0.0510. The van der Waals surface area contributed by atoms with Gasteiger partial charge < -0.3 is 25.8 Å². The molecule has 0 radical (unpaired) electrons. The Labute approximate surface area is 156 Å². The maximum absolute atomic E-state index is 14.8. The van der Waals surface area contributed by atoms with Crippen molar-refractivity contribution in [2.24, 2.45) is 5.92 Å². The van der Waals surface area contributed by atoms with E-state index in [0.29, 0.717) is 0 Å². The highest BCUT2D eigenvalue weighted by Gasteiger charge is 2.35. The lowest BCUT2D eigenvalue weighted by Crippen LogP contribution is -2.35. The molecule has 0 heterocycles. The zero-order valence-electron chi connectivity index (χ0n) is 15.9. The van der Waals surface area contributed by atoms with Crippen LogP contribution >= 0.6 is 0 Å². The molecule has 1 aromatic rings. The molecular formula is C18H25F2N3O4. The van der Waals surface area contributed by atoms with Crippen molar-refractivity contribution in [1.29, 1.82) is 0 Å². The largest absolute Gasteiger partial charge is 0.469 e. The number of benzene rings is 1. The minimum atomic E-state index is -0.736. The van der Waals surface area contributed by atoms with Crippen molar-refractivity contribution in [1.82, 2.24) is 5.32 Å². The number of halogens is 2. The number of hydrogen-bond acceptors (Lipinski definition) is 6. The Balaban J connectivity index is 2.04. The number of hydrogen-bond donors (Lipinski definition) is 3. The van der Waals surface area contributed by atoms with Crippen molar-refractivity contribution in [2.45, 2.75) is 39.2 Å². The number of carbonyl (C=O) groups excluding carboxylic acids is 2. The molecule has 1 amide bonds. The molecule has 4 N–H and O–H groups in total. The fourth-order valence-electron chi connectivity index (χ4n) is 2.97. The molecule has 9 heteroatoms. The molecule has 0 spiro atoms. The summed E-state index contributed by atoms with van der Waals surface area (Å²) < 4.78 is 39.1. The highest BCUT2D eigenvalue weighted by atomic mass is 19.1. The molecule has 7 nitrogen and oxygen atoms in total. The monoisotopic (exact) mass is 385 g/mol. The van der Waals surface area contributed by atoms with E-state index in [9.17, 15) is 18.4 Å². The number of anilines is 2. The van der Waals surface area contributed by atoms with Gasteiger partial charge in [-0.3, -0.25) is 4.79 Å². The number of esters is 1. The van der Waals surface area contributed by atoms with E-state index in [-0.39, 0.29) is 48.4 Å². The van der Waals surface area contributed by atoms with E-state index in [4.69, 9.17) is 10.5 Å². The first-order chi connectivity index (χ1) is 12.5. The third-order valence-corrected chi connectivity index (χ3v) is 4.15. The molecule has 0 aromatic heterocycles. The quantitative estimate of drug-likeness (QED) is 0.409. The molecule has 27 heavy (non-hydrogen) atoms. The van der Waals surface area contributed by atoms with Gasteiger partial charge in [0, 0.05) is 13.1 Å². The van der Waals surface area contributed by atoms with Gasteiger partial charge in [0.1, 0.15) is 5.60 Å². The van der Waals surface area contributed by atoms with E-state index >= 15 is 0 Å². The Kier molecular flexibility index (Phi) is 6.12. The van der Waals surface area contributed by atoms with Gasteiger partial charge in [0.05, 0.1) is 24.4 Å². The van der Waals surface area contributed by atoms with E-state index in [0.717, 1.165) is 0 Å². The number of rotatable bonds is 5. The number of nitrogens with one attached hydrogen (secondary N) is 2. The second kappa shape index (κ2) is 7.98. The molecule has 1 aliphatic carbocycles. The summed E-state index contributed by atoms with van der Waals surface area (Å²) in [6, 6.07) is 0. The second-order valence-corrected chi connectivity index (χ2v) is 7.36. The highest BCUT2D eigenvalue weighted by molar-refractivity contribution is 5.77. The summed E-state index contributed by atoms with van der Waals surface area (Å²) in [4.78, 5) is 23.3. The molecule has 1 aliphatic rings. The summed E-state index contributed by atoms with van der Waals surface area (Å²) in [5.41, 5.74) is 4.80. The Morgan fingerprint density at radius 1 is 1.15 bits per heavy atom. The van der Waals surface area contributed by atoms with Crippen LogP contribution in [0.15, 0.2) is 0 Å². The molecule has 0 saturated carbocycles. The SMILES string of the molecule is COC(=O)C1Cc2c(F)c(N)c(NCCNC(=O)OC(C)(C)C)c(F)c2C1. The van der Waals surface area contributed by atoms with Gasteiger partial charge in [-0.25, -0.2) is 13.6 Å². The van der Waals surface area contributed by atoms with Crippen LogP contribution in [0, 0.1) is 17.6 Å². The van der Waals surface area contributed by atoms with Crippen molar-refractivity contribution in [3.8, 4) is 0 Å². The van der Waals surface area contributed by atoms with Crippen LogP contribution in [0.3, 0.4) is 0 Å². The zero-order chi connectivity index (χ0) is 20.4. The summed E-state index contributed by atoms with van der Waals surface area (Å²) >= 11 is 0. The number of nitrogen functional groups attached to an aromatic ring is 1. The maximum Gasteiger partial charge on any atom is 0.407 e. The molecule has 0 bridgehead atoms. The Morgan fingerprint density at radius 2 is 1.74 bits per heavy atom. The van der Waals surface area contributed by atoms with Gasteiger partial charge in [-0.2, -0.15) is 0 Å². The molecule has 1 aromatic carbocycles. The third-order valence-electron chi connectivity index (χ3n) is 4.15. The van der Waals surface area contributed by atoms with E-state index < -0.39 is 35.2 Å². The van der Waals surface area contributed by atoms with Gasteiger partial charge in [-0.15, -0.1) is 0 Å². The lowest BCUT2D eigenvalue weighted by Gasteiger charge is -2.20. The average Bonchev–Trinajstić information content (AvgIpc) is 3.02. The Morgan fingerprint density at radius 3 is 2.30 bits per heavy atom. The molecular weight excluding hydrogens is 360 g/mol. The van der Waals surface area contributed by atoms with Crippen LogP contribution in [-0.4, -0.2) is 37.9 Å². The van der Waals surface area contributed by atoms with Crippen LogP contribution in [-0.2, 0) is 27.1 Å². The first-order valence-electron chi connectivity index (χ1n) is 8.61. The van der Waals surface area contributed by atoms with Crippen LogP contribution in [0.4, 0.5) is 25.0 Å². The van der Waals surface area contributed by atoms with E-state index in [2.05, 4.69) is 15.4 Å². The number of nitrogens with two attached hydrogens (primary N) is 1. The normalized spacial score (nSPS) is 15.9. The maximum atomic E-state index is 14.8. The summed E-state index contributed by atoms with van der Waals surface area (Å²) in [6.45, 7) is 5.43.